The van der Waals surface area contributed by atoms with Gasteiger partial charge in [0.05, 0.1) is 17.3 Å². The lowest BCUT2D eigenvalue weighted by Gasteiger charge is -2.20. The smallest absolute Gasteiger partial charge is 0.0642 e. The Hall–Kier alpha value is -0.550. The Morgan fingerprint density at radius 3 is 2.75 bits per heavy atom. The van der Waals surface area contributed by atoms with E-state index in [1.807, 2.05) is 6.07 Å². The van der Waals surface area contributed by atoms with Crippen LogP contribution < -0.4 is 10.2 Å². The first-order valence-corrected chi connectivity index (χ1v) is 8.58. The van der Waals surface area contributed by atoms with E-state index in [-0.39, 0.29) is 0 Å². The van der Waals surface area contributed by atoms with Crippen molar-refractivity contribution >= 4 is 44.6 Å². The van der Waals surface area contributed by atoms with Crippen LogP contribution in [0.4, 0.5) is 5.69 Å². The van der Waals surface area contributed by atoms with Crippen LogP contribution in [0.2, 0.25) is 5.02 Å². The van der Waals surface area contributed by atoms with Gasteiger partial charge in [0.25, 0.3) is 0 Å². The summed E-state index contributed by atoms with van der Waals surface area (Å²) >= 11 is 11.6. The molecule has 1 aromatic carbocycles. The molecule has 2 aromatic rings. The normalized spacial score (nSPS) is 10.8. The van der Waals surface area contributed by atoms with Crippen LogP contribution in [0.15, 0.2) is 34.1 Å². The zero-order chi connectivity index (χ0) is 14.5. The summed E-state index contributed by atoms with van der Waals surface area (Å²) in [5.74, 6) is 0. The Morgan fingerprint density at radius 1 is 1.35 bits per heavy atom. The fourth-order valence-electron chi connectivity index (χ4n) is 1.99. The van der Waals surface area contributed by atoms with E-state index in [1.165, 1.54) is 10.4 Å². The molecule has 0 spiro atoms. The molecule has 0 atom stereocenters. The topological polar surface area (TPSA) is 15.3 Å². The third-order valence-electron chi connectivity index (χ3n) is 3.02. The summed E-state index contributed by atoms with van der Waals surface area (Å²) in [5, 5.41) is 6.21. The summed E-state index contributed by atoms with van der Waals surface area (Å²) < 4.78 is 1.14. The molecule has 0 bridgehead atoms. The molecule has 1 heterocycles. The van der Waals surface area contributed by atoms with Crippen molar-refractivity contribution < 1.29 is 0 Å². The molecule has 0 aliphatic rings. The molecular formula is C15H18BrClN2S. The van der Waals surface area contributed by atoms with Crippen molar-refractivity contribution in [2.75, 3.05) is 18.5 Å². The number of nitrogens with zero attached hydrogens (tertiary/aromatic N) is 1. The molecule has 1 aromatic heterocycles. The maximum atomic E-state index is 6.40. The summed E-state index contributed by atoms with van der Waals surface area (Å²) in [5.41, 5.74) is 2.28. The predicted octanol–water partition coefficient (Wildman–Crippen LogP) is 4.91. The monoisotopic (exact) mass is 372 g/mol. The third-order valence-corrected chi connectivity index (χ3v) is 5.00. The fraction of sp³-hybridized carbons (Fsp3) is 0.333. The first-order chi connectivity index (χ1) is 9.60. The lowest BCUT2D eigenvalue weighted by atomic mass is 10.2. The predicted molar refractivity (Wildman–Crippen MR) is 93.0 cm³/mol. The molecule has 2 rings (SSSR count). The number of benzene rings is 1. The summed E-state index contributed by atoms with van der Waals surface area (Å²) in [6.07, 6.45) is 0. The Balaban J connectivity index is 2.07. The largest absolute Gasteiger partial charge is 0.368 e. The number of rotatable bonds is 6. The second-order valence-electron chi connectivity index (χ2n) is 4.65. The van der Waals surface area contributed by atoms with E-state index in [1.54, 1.807) is 11.3 Å². The molecule has 0 aliphatic carbocycles. The molecular weight excluding hydrogens is 356 g/mol. The second kappa shape index (κ2) is 7.46. The molecule has 108 valence electrons. The number of anilines is 1. The lowest BCUT2D eigenvalue weighted by Crippen LogP contribution is -2.16. The maximum absolute atomic E-state index is 6.40. The molecule has 0 amide bonds. The Kier molecular flexibility index (Phi) is 5.90. The molecule has 0 fully saturated rings. The van der Waals surface area contributed by atoms with Crippen LogP contribution in [0, 0.1) is 0 Å². The van der Waals surface area contributed by atoms with Crippen LogP contribution in [0.1, 0.15) is 17.4 Å². The van der Waals surface area contributed by atoms with E-state index in [9.17, 15) is 0 Å². The van der Waals surface area contributed by atoms with Gasteiger partial charge in [-0.15, -0.1) is 11.3 Å². The highest BCUT2D eigenvalue weighted by molar-refractivity contribution is 9.10. The van der Waals surface area contributed by atoms with Gasteiger partial charge in [-0.25, -0.2) is 0 Å². The van der Waals surface area contributed by atoms with E-state index in [0.29, 0.717) is 0 Å². The van der Waals surface area contributed by atoms with Crippen LogP contribution in [0.5, 0.6) is 0 Å². The molecule has 2 nitrogen and oxygen atoms in total. The van der Waals surface area contributed by atoms with Crippen LogP contribution in [0.3, 0.4) is 0 Å². The molecule has 5 heteroatoms. The van der Waals surface area contributed by atoms with Gasteiger partial charge in [0.1, 0.15) is 0 Å². The number of hydrogen-bond donors (Lipinski definition) is 1. The summed E-state index contributed by atoms with van der Waals surface area (Å²) in [7, 11) is 2.07. The van der Waals surface area contributed by atoms with Crippen molar-refractivity contribution in [3.63, 3.8) is 0 Å². The summed E-state index contributed by atoms with van der Waals surface area (Å²) in [6, 6.07) is 8.41. The van der Waals surface area contributed by atoms with Crippen molar-refractivity contribution in [1.82, 2.24) is 5.32 Å². The van der Waals surface area contributed by atoms with Crippen LogP contribution in [-0.2, 0) is 13.1 Å². The van der Waals surface area contributed by atoms with Gasteiger partial charge >= 0.3 is 0 Å². The Morgan fingerprint density at radius 2 is 2.15 bits per heavy atom. The van der Waals surface area contributed by atoms with Crippen molar-refractivity contribution in [3.05, 3.63) is 49.6 Å². The quantitative estimate of drug-likeness (QED) is 0.774. The van der Waals surface area contributed by atoms with Crippen molar-refractivity contribution in [3.8, 4) is 0 Å². The second-order valence-corrected chi connectivity index (χ2v) is 6.97. The van der Waals surface area contributed by atoms with Gasteiger partial charge in [-0.05, 0) is 46.2 Å². The van der Waals surface area contributed by atoms with Crippen LogP contribution in [-0.4, -0.2) is 13.6 Å². The first-order valence-electron chi connectivity index (χ1n) is 6.53. The average Bonchev–Trinajstić information content (AvgIpc) is 2.81. The number of hydrogen-bond acceptors (Lipinski definition) is 3. The van der Waals surface area contributed by atoms with E-state index >= 15 is 0 Å². The van der Waals surface area contributed by atoms with Gasteiger partial charge in [-0.3, -0.25) is 0 Å². The average molecular weight is 374 g/mol. The zero-order valence-corrected chi connectivity index (χ0v) is 14.8. The van der Waals surface area contributed by atoms with Gasteiger partial charge < -0.3 is 10.2 Å². The van der Waals surface area contributed by atoms with E-state index < -0.39 is 0 Å². The first kappa shape index (κ1) is 15.8. The Bertz CT molecular complexity index is 571. The molecule has 1 N–H and O–H groups in total. The minimum absolute atomic E-state index is 0.804. The van der Waals surface area contributed by atoms with Crippen LogP contribution >= 0.6 is 38.9 Å². The van der Waals surface area contributed by atoms with Gasteiger partial charge in [0.15, 0.2) is 0 Å². The molecule has 0 radical (unpaired) electrons. The molecule has 0 saturated carbocycles. The number of nitrogens with one attached hydrogen (secondary N) is 1. The van der Waals surface area contributed by atoms with Gasteiger partial charge in [-0.2, -0.15) is 0 Å². The van der Waals surface area contributed by atoms with Crippen molar-refractivity contribution in [2.24, 2.45) is 0 Å². The van der Waals surface area contributed by atoms with Crippen LogP contribution in [0.25, 0.3) is 0 Å². The SMILES string of the molecule is CCNCc1ccc(N(C)Cc2cc(Br)cs2)c(Cl)c1. The van der Waals surface area contributed by atoms with E-state index in [2.05, 4.69) is 63.7 Å². The highest BCUT2D eigenvalue weighted by Gasteiger charge is 2.09. The fourth-order valence-corrected chi connectivity index (χ4v) is 3.85. The summed E-state index contributed by atoms with van der Waals surface area (Å²) in [6.45, 7) is 4.79. The molecule has 20 heavy (non-hydrogen) atoms. The highest BCUT2D eigenvalue weighted by atomic mass is 79.9. The zero-order valence-electron chi connectivity index (χ0n) is 11.6. The standard InChI is InChI=1S/C15H18BrClN2S/c1-3-18-8-11-4-5-15(14(17)6-11)19(2)9-13-7-12(16)10-20-13/h4-7,10,18H,3,8-9H2,1-2H3. The highest BCUT2D eigenvalue weighted by Crippen LogP contribution is 2.29. The van der Waals surface area contributed by atoms with E-state index in [4.69, 9.17) is 11.6 Å². The molecule has 0 unspecified atom stereocenters. The Labute approximate surface area is 137 Å². The minimum Gasteiger partial charge on any atom is -0.368 e. The van der Waals surface area contributed by atoms with Gasteiger partial charge in [-0.1, -0.05) is 24.6 Å². The lowest BCUT2D eigenvalue weighted by molar-refractivity contribution is 0.727. The van der Waals surface area contributed by atoms with Crippen molar-refractivity contribution in [2.45, 2.75) is 20.0 Å². The van der Waals surface area contributed by atoms with Gasteiger partial charge in [0, 0.05) is 28.3 Å². The summed E-state index contributed by atoms with van der Waals surface area (Å²) in [4.78, 5) is 3.49. The maximum Gasteiger partial charge on any atom is 0.0642 e. The number of halogens is 2. The van der Waals surface area contributed by atoms with Crippen molar-refractivity contribution in [1.29, 1.82) is 0 Å². The molecule has 0 saturated heterocycles. The van der Waals surface area contributed by atoms with Gasteiger partial charge in [0.2, 0.25) is 0 Å². The minimum atomic E-state index is 0.804. The van der Waals surface area contributed by atoms with E-state index in [0.717, 1.165) is 34.8 Å². The third kappa shape index (κ3) is 4.22. The number of thiophene rings is 1. The molecule has 0 aliphatic heterocycles.